The fourth-order valence-corrected chi connectivity index (χ4v) is 0.792. The van der Waals surface area contributed by atoms with Crippen LogP contribution in [-0.2, 0) is 9.47 Å². The van der Waals surface area contributed by atoms with Crippen LogP contribution in [0.15, 0.2) is 0 Å². The Labute approximate surface area is 74.7 Å². The Morgan fingerprint density at radius 2 is 1.67 bits per heavy atom. The van der Waals surface area contributed by atoms with Crippen molar-refractivity contribution in [1.82, 2.24) is 0 Å². The Balaban J connectivity index is 2.82. The summed E-state index contributed by atoms with van der Waals surface area (Å²) >= 11 is 0. The average Bonchev–Trinajstić information content (AvgIpc) is 2.02. The van der Waals surface area contributed by atoms with Crippen LogP contribution in [0.1, 0.15) is 26.7 Å². The highest BCUT2D eigenvalue weighted by molar-refractivity contribution is 4.41. The Bertz CT molecular complexity index is 83.8. The van der Waals surface area contributed by atoms with Crippen molar-refractivity contribution < 1.29 is 14.6 Å². The van der Waals surface area contributed by atoms with Crippen LogP contribution in [0.2, 0.25) is 0 Å². The van der Waals surface area contributed by atoms with E-state index in [1.807, 2.05) is 0 Å². The second-order valence-corrected chi connectivity index (χ2v) is 3.21. The minimum atomic E-state index is -0.174. The lowest BCUT2D eigenvalue weighted by Crippen LogP contribution is -2.04. The van der Waals surface area contributed by atoms with Crippen molar-refractivity contribution in [2.24, 2.45) is 5.92 Å². The molecule has 0 heterocycles. The third-order valence-electron chi connectivity index (χ3n) is 1.37. The van der Waals surface area contributed by atoms with Crippen LogP contribution in [0.5, 0.6) is 0 Å². The molecule has 0 bridgehead atoms. The minimum absolute atomic E-state index is 0.174. The van der Waals surface area contributed by atoms with E-state index in [0.717, 1.165) is 26.1 Å². The molecule has 0 spiro atoms. The Morgan fingerprint density at radius 3 is 2.17 bits per heavy atom. The summed E-state index contributed by atoms with van der Waals surface area (Å²) in [7, 11) is 0. The summed E-state index contributed by atoms with van der Waals surface area (Å²) in [6.45, 7) is 6.35. The van der Waals surface area contributed by atoms with Crippen LogP contribution < -0.4 is 0 Å². The van der Waals surface area contributed by atoms with E-state index >= 15 is 0 Å². The lowest BCUT2D eigenvalue weighted by atomic mass is 10.2. The molecule has 0 radical (unpaired) electrons. The molecule has 0 atom stereocenters. The van der Waals surface area contributed by atoms with Gasteiger partial charge in [-0.25, -0.2) is 0 Å². The highest BCUT2D eigenvalue weighted by Gasteiger charge is 1.93. The van der Waals surface area contributed by atoms with Gasteiger partial charge in [-0.2, -0.15) is 0 Å². The zero-order chi connectivity index (χ0) is 9.23. The Kier molecular flexibility index (Phi) is 8.88. The zero-order valence-electron chi connectivity index (χ0n) is 8.08. The third kappa shape index (κ3) is 9.88. The van der Waals surface area contributed by atoms with Gasteiger partial charge in [-0.3, -0.25) is 0 Å². The number of aliphatic hydroxyl groups excluding tert-OH is 1. The molecule has 12 heavy (non-hydrogen) atoms. The van der Waals surface area contributed by atoms with E-state index in [-0.39, 0.29) is 6.79 Å². The highest BCUT2D eigenvalue weighted by atomic mass is 16.6. The molecule has 0 amide bonds. The fraction of sp³-hybridized carbons (Fsp3) is 1.00. The monoisotopic (exact) mass is 176 g/mol. The summed E-state index contributed by atoms with van der Waals surface area (Å²) in [4.78, 5) is 0. The van der Waals surface area contributed by atoms with Gasteiger partial charge in [-0.05, 0) is 18.8 Å². The van der Waals surface area contributed by atoms with Crippen LogP contribution in [0.25, 0.3) is 0 Å². The van der Waals surface area contributed by atoms with E-state index in [9.17, 15) is 0 Å². The van der Waals surface area contributed by atoms with E-state index in [1.54, 1.807) is 0 Å². The summed E-state index contributed by atoms with van der Waals surface area (Å²) in [6.07, 6.45) is 1.96. The van der Waals surface area contributed by atoms with Crippen molar-refractivity contribution in [3.05, 3.63) is 0 Å². The van der Waals surface area contributed by atoms with Gasteiger partial charge in [0.2, 0.25) is 0 Å². The van der Waals surface area contributed by atoms with Gasteiger partial charge in [-0.15, -0.1) is 0 Å². The van der Waals surface area contributed by atoms with Crippen LogP contribution >= 0.6 is 0 Å². The molecule has 3 nitrogen and oxygen atoms in total. The molecule has 0 rings (SSSR count). The first-order chi connectivity index (χ1) is 5.77. The summed E-state index contributed by atoms with van der Waals surface area (Å²) in [6, 6.07) is 0. The number of unbranched alkanes of at least 4 members (excludes halogenated alkanes) is 1. The number of hydrogen-bond acceptors (Lipinski definition) is 3. The van der Waals surface area contributed by atoms with Gasteiger partial charge in [0.15, 0.2) is 0 Å². The van der Waals surface area contributed by atoms with Gasteiger partial charge in [0.1, 0.15) is 6.79 Å². The molecule has 0 unspecified atom stereocenters. The maximum Gasteiger partial charge on any atom is 0.143 e. The molecule has 0 aromatic carbocycles. The summed E-state index contributed by atoms with van der Waals surface area (Å²) in [5.74, 6) is 0.610. The number of aliphatic hydroxyl groups is 1. The van der Waals surface area contributed by atoms with Gasteiger partial charge in [0, 0.05) is 19.8 Å². The Morgan fingerprint density at radius 1 is 1.08 bits per heavy atom. The van der Waals surface area contributed by atoms with Gasteiger partial charge in [0.05, 0.1) is 0 Å². The van der Waals surface area contributed by atoms with Crippen molar-refractivity contribution in [3.63, 3.8) is 0 Å². The zero-order valence-corrected chi connectivity index (χ0v) is 8.08. The predicted octanol–water partition coefficient (Wildman–Crippen LogP) is 1.41. The van der Waals surface area contributed by atoms with Crippen molar-refractivity contribution in [3.8, 4) is 0 Å². The number of ether oxygens (including phenoxy) is 2. The second kappa shape index (κ2) is 8.97. The lowest BCUT2D eigenvalue weighted by molar-refractivity contribution is -0.00535. The van der Waals surface area contributed by atoms with Gasteiger partial charge >= 0.3 is 0 Å². The summed E-state index contributed by atoms with van der Waals surface area (Å²) in [5.41, 5.74) is 0. The number of hydrogen-bond donors (Lipinski definition) is 1. The minimum Gasteiger partial charge on any atom is -0.381 e. The van der Waals surface area contributed by atoms with Crippen LogP contribution in [0.4, 0.5) is 0 Å². The van der Waals surface area contributed by atoms with E-state index in [2.05, 4.69) is 13.8 Å². The highest BCUT2D eigenvalue weighted by Crippen LogP contribution is 1.95. The maximum atomic E-state index is 8.29. The van der Waals surface area contributed by atoms with Gasteiger partial charge < -0.3 is 14.6 Å². The van der Waals surface area contributed by atoms with Crippen molar-refractivity contribution in [2.45, 2.75) is 26.7 Å². The largest absolute Gasteiger partial charge is 0.381 e. The molecule has 0 aliphatic heterocycles. The summed E-state index contributed by atoms with van der Waals surface area (Å²) < 4.78 is 10.1. The molecule has 0 aliphatic rings. The lowest BCUT2D eigenvalue weighted by Gasteiger charge is -2.06. The van der Waals surface area contributed by atoms with E-state index < -0.39 is 0 Å². The molecular weight excluding hydrogens is 156 g/mol. The molecule has 0 aromatic heterocycles. The third-order valence-corrected chi connectivity index (χ3v) is 1.37. The molecule has 0 fully saturated rings. The smallest absolute Gasteiger partial charge is 0.143 e. The molecule has 0 saturated carbocycles. The Hall–Kier alpha value is -0.120. The number of rotatable bonds is 8. The standard InChI is InChI=1S/C9H20O3/c1-9(2)7-11-5-3-4-6-12-8-10/h9-10H,3-8H2,1-2H3. The van der Waals surface area contributed by atoms with Crippen molar-refractivity contribution in [2.75, 3.05) is 26.6 Å². The van der Waals surface area contributed by atoms with E-state index in [4.69, 9.17) is 14.6 Å². The first-order valence-corrected chi connectivity index (χ1v) is 4.53. The molecule has 74 valence electrons. The second-order valence-electron chi connectivity index (χ2n) is 3.21. The van der Waals surface area contributed by atoms with Gasteiger partial charge in [-0.1, -0.05) is 13.8 Å². The average molecular weight is 176 g/mol. The molecule has 0 saturated heterocycles. The maximum absolute atomic E-state index is 8.29. The van der Waals surface area contributed by atoms with Crippen molar-refractivity contribution >= 4 is 0 Å². The quantitative estimate of drug-likeness (QED) is 0.449. The molecule has 0 aromatic rings. The molecular formula is C9H20O3. The van der Waals surface area contributed by atoms with Gasteiger partial charge in [0.25, 0.3) is 0 Å². The fourth-order valence-electron chi connectivity index (χ4n) is 0.792. The molecule has 0 aliphatic carbocycles. The summed E-state index contributed by atoms with van der Waals surface area (Å²) in [5, 5.41) is 8.29. The van der Waals surface area contributed by atoms with E-state index in [1.165, 1.54) is 0 Å². The van der Waals surface area contributed by atoms with E-state index in [0.29, 0.717) is 12.5 Å². The normalized spacial score (nSPS) is 11.0. The van der Waals surface area contributed by atoms with Crippen LogP contribution in [-0.4, -0.2) is 31.7 Å². The first-order valence-electron chi connectivity index (χ1n) is 4.53. The SMILES string of the molecule is CC(C)COCCCCOCO. The predicted molar refractivity (Wildman–Crippen MR) is 47.9 cm³/mol. The molecule has 1 N–H and O–H groups in total. The van der Waals surface area contributed by atoms with Crippen LogP contribution in [0, 0.1) is 5.92 Å². The topological polar surface area (TPSA) is 38.7 Å². The first kappa shape index (κ1) is 11.9. The molecule has 3 heteroatoms. The van der Waals surface area contributed by atoms with Crippen LogP contribution in [0.3, 0.4) is 0 Å². The van der Waals surface area contributed by atoms with Crippen molar-refractivity contribution in [1.29, 1.82) is 0 Å².